The Balaban J connectivity index is 1.35. The molecule has 0 bridgehead atoms. The molecule has 1 aliphatic heterocycles. The summed E-state index contributed by atoms with van der Waals surface area (Å²) in [6, 6.07) is 7.87. The first kappa shape index (κ1) is 20.4. The Hall–Kier alpha value is -2.30. The largest absolute Gasteiger partial charge is 0.497 e. The van der Waals surface area contributed by atoms with Gasteiger partial charge in [0.25, 0.3) is 0 Å². The molecular weight excluding hydrogens is 352 g/mol. The number of methoxy groups -OCH3 is 1. The molecule has 5 heteroatoms. The van der Waals surface area contributed by atoms with Crippen molar-refractivity contribution >= 4 is 11.8 Å². The number of allylic oxidation sites excluding steroid dienone is 2. The first-order valence-corrected chi connectivity index (χ1v) is 10.6. The van der Waals surface area contributed by atoms with Crippen molar-refractivity contribution in [3.8, 4) is 5.75 Å². The third-order valence-corrected chi connectivity index (χ3v) is 5.74. The van der Waals surface area contributed by atoms with Crippen molar-refractivity contribution in [2.75, 3.05) is 20.2 Å². The first-order chi connectivity index (χ1) is 13.7. The maximum atomic E-state index is 12.6. The topological polar surface area (TPSA) is 58.6 Å². The summed E-state index contributed by atoms with van der Waals surface area (Å²) in [4.78, 5) is 26.7. The van der Waals surface area contributed by atoms with E-state index in [1.807, 2.05) is 29.2 Å². The van der Waals surface area contributed by atoms with Crippen LogP contribution in [0.1, 0.15) is 56.9 Å². The Bertz CT molecular complexity index is 714. The number of carbonyl (C=O) groups excluding carboxylic acids is 2. The van der Waals surface area contributed by atoms with Gasteiger partial charge in [-0.15, -0.1) is 0 Å². The molecule has 0 aromatic heterocycles. The van der Waals surface area contributed by atoms with E-state index < -0.39 is 0 Å². The average molecular weight is 385 g/mol. The maximum Gasteiger partial charge on any atom is 0.226 e. The number of hydrogen-bond donors (Lipinski definition) is 1. The Morgan fingerprint density at radius 2 is 2.07 bits per heavy atom. The molecule has 2 aliphatic rings. The number of rotatable bonds is 8. The lowest BCUT2D eigenvalue weighted by atomic mass is 9.85. The monoisotopic (exact) mass is 384 g/mol. The Labute approximate surface area is 168 Å². The van der Waals surface area contributed by atoms with Gasteiger partial charge < -0.3 is 15.0 Å². The van der Waals surface area contributed by atoms with Crippen molar-refractivity contribution in [2.45, 2.75) is 57.8 Å². The summed E-state index contributed by atoms with van der Waals surface area (Å²) < 4.78 is 5.21. The average Bonchev–Trinajstić information content (AvgIpc) is 2.73. The van der Waals surface area contributed by atoms with E-state index in [9.17, 15) is 9.59 Å². The fraction of sp³-hybridized carbons (Fsp3) is 0.565. The minimum Gasteiger partial charge on any atom is -0.497 e. The molecule has 0 spiro atoms. The second-order valence-electron chi connectivity index (χ2n) is 7.75. The molecule has 2 amide bonds. The molecule has 1 fully saturated rings. The van der Waals surface area contributed by atoms with Crippen LogP contribution >= 0.6 is 0 Å². The highest BCUT2D eigenvalue weighted by Crippen LogP contribution is 2.35. The van der Waals surface area contributed by atoms with Crippen LogP contribution in [0.2, 0.25) is 0 Å². The highest BCUT2D eigenvalue weighted by atomic mass is 16.5. The number of amides is 2. The summed E-state index contributed by atoms with van der Waals surface area (Å²) in [6.07, 6.45) is 10.3. The van der Waals surface area contributed by atoms with E-state index in [2.05, 4.69) is 11.4 Å². The molecule has 3 rings (SSSR count). The molecule has 0 saturated carbocycles. The van der Waals surface area contributed by atoms with Gasteiger partial charge in [-0.25, -0.2) is 0 Å². The zero-order valence-electron chi connectivity index (χ0n) is 16.9. The van der Waals surface area contributed by atoms with Gasteiger partial charge in [0.15, 0.2) is 0 Å². The highest BCUT2D eigenvalue weighted by molar-refractivity contribution is 5.80. The van der Waals surface area contributed by atoms with Gasteiger partial charge >= 0.3 is 0 Å². The summed E-state index contributed by atoms with van der Waals surface area (Å²) in [5.41, 5.74) is 2.39. The van der Waals surface area contributed by atoms with Crippen LogP contribution in [0.4, 0.5) is 0 Å². The van der Waals surface area contributed by atoms with Crippen LogP contribution in [0, 0.1) is 5.92 Å². The van der Waals surface area contributed by atoms with Crippen LogP contribution in [0.5, 0.6) is 5.75 Å². The van der Waals surface area contributed by atoms with Crippen LogP contribution in [0.25, 0.3) is 0 Å². The lowest BCUT2D eigenvalue weighted by Gasteiger charge is -2.38. The van der Waals surface area contributed by atoms with E-state index in [1.54, 1.807) is 7.11 Å². The van der Waals surface area contributed by atoms with Gasteiger partial charge in [0.1, 0.15) is 5.75 Å². The summed E-state index contributed by atoms with van der Waals surface area (Å²) in [6.45, 7) is 1.44. The van der Waals surface area contributed by atoms with Gasteiger partial charge in [0, 0.05) is 31.6 Å². The summed E-state index contributed by atoms with van der Waals surface area (Å²) >= 11 is 0. The number of piperidine rings is 1. The van der Waals surface area contributed by atoms with E-state index >= 15 is 0 Å². The van der Waals surface area contributed by atoms with Gasteiger partial charge in [0.05, 0.1) is 7.11 Å². The minimum absolute atomic E-state index is 0.0177. The number of nitrogens with one attached hydrogen (secondary N) is 1. The van der Waals surface area contributed by atoms with Crippen LogP contribution in [0.3, 0.4) is 0 Å². The fourth-order valence-electron chi connectivity index (χ4n) is 4.24. The van der Waals surface area contributed by atoms with Crippen molar-refractivity contribution in [2.24, 2.45) is 5.92 Å². The fourth-order valence-corrected chi connectivity index (χ4v) is 4.24. The number of ether oxygens (including phenoxy) is 1. The molecule has 0 radical (unpaired) electrons. The lowest BCUT2D eigenvalue weighted by molar-refractivity contribution is -0.130. The molecule has 1 aromatic rings. The molecule has 1 heterocycles. The quantitative estimate of drug-likeness (QED) is 0.741. The van der Waals surface area contributed by atoms with E-state index in [1.165, 1.54) is 25.0 Å². The summed E-state index contributed by atoms with van der Waals surface area (Å²) in [7, 11) is 1.65. The van der Waals surface area contributed by atoms with Crippen LogP contribution in [-0.2, 0) is 16.0 Å². The van der Waals surface area contributed by atoms with Crippen molar-refractivity contribution in [1.29, 1.82) is 0 Å². The second kappa shape index (κ2) is 10.3. The van der Waals surface area contributed by atoms with Gasteiger partial charge in [-0.2, -0.15) is 0 Å². The third kappa shape index (κ3) is 5.60. The smallest absolute Gasteiger partial charge is 0.226 e. The number of hydrogen-bond acceptors (Lipinski definition) is 3. The Morgan fingerprint density at radius 1 is 1.21 bits per heavy atom. The predicted octanol–water partition coefficient (Wildman–Crippen LogP) is 3.83. The normalized spacial score (nSPS) is 18.8. The first-order valence-electron chi connectivity index (χ1n) is 10.6. The maximum absolute atomic E-state index is 12.6. The lowest BCUT2D eigenvalue weighted by Crippen LogP contribution is -2.39. The minimum atomic E-state index is 0.0177. The molecule has 5 nitrogen and oxygen atoms in total. The van der Waals surface area contributed by atoms with E-state index in [4.69, 9.17) is 4.74 Å². The molecule has 1 N–H and O–H groups in total. The molecular formula is C23H32N2O3. The van der Waals surface area contributed by atoms with Gasteiger partial charge in [0.2, 0.25) is 11.8 Å². The van der Waals surface area contributed by atoms with Crippen molar-refractivity contribution in [3.05, 3.63) is 41.6 Å². The highest BCUT2D eigenvalue weighted by Gasteiger charge is 2.29. The van der Waals surface area contributed by atoms with E-state index in [0.717, 1.165) is 37.1 Å². The Kier molecular flexibility index (Phi) is 7.52. The molecule has 1 saturated heterocycles. The molecule has 1 atom stereocenters. The zero-order chi connectivity index (χ0) is 19.8. The van der Waals surface area contributed by atoms with Gasteiger partial charge in [-0.1, -0.05) is 18.2 Å². The number of benzene rings is 1. The molecule has 152 valence electrons. The number of carbonyl (C=O) groups is 2. The molecule has 1 unspecified atom stereocenters. The van der Waals surface area contributed by atoms with Crippen LogP contribution in [-0.4, -0.2) is 36.9 Å². The van der Waals surface area contributed by atoms with Crippen molar-refractivity contribution in [1.82, 2.24) is 10.2 Å². The molecule has 1 aromatic carbocycles. The molecule has 1 aliphatic carbocycles. The summed E-state index contributed by atoms with van der Waals surface area (Å²) in [5, 5.41) is 2.95. The van der Waals surface area contributed by atoms with E-state index in [0.29, 0.717) is 31.7 Å². The van der Waals surface area contributed by atoms with Gasteiger partial charge in [-0.05, 0) is 68.6 Å². The predicted molar refractivity (Wildman–Crippen MR) is 110 cm³/mol. The number of fused-ring (bicyclic) bond motifs is 1. The zero-order valence-corrected chi connectivity index (χ0v) is 16.9. The third-order valence-electron chi connectivity index (χ3n) is 5.74. The van der Waals surface area contributed by atoms with Crippen molar-refractivity contribution < 1.29 is 14.3 Å². The molecule has 28 heavy (non-hydrogen) atoms. The van der Waals surface area contributed by atoms with Crippen LogP contribution in [0.15, 0.2) is 36.0 Å². The van der Waals surface area contributed by atoms with Gasteiger partial charge in [-0.3, -0.25) is 9.59 Å². The SMILES string of the molecule is COc1cccc(CCNC(=O)CCCC(=O)N2CCCC3CCCC=C32)c1. The summed E-state index contributed by atoms with van der Waals surface area (Å²) in [5.74, 6) is 1.60. The van der Waals surface area contributed by atoms with Crippen molar-refractivity contribution in [3.63, 3.8) is 0 Å². The van der Waals surface area contributed by atoms with E-state index in [-0.39, 0.29) is 11.8 Å². The van der Waals surface area contributed by atoms with Crippen LogP contribution < -0.4 is 10.1 Å². The second-order valence-corrected chi connectivity index (χ2v) is 7.75. The number of likely N-dealkylation sites (tertiary alicyclic amines) is 1. The Morgan fingerprint density at radius 3 is 2.93 bits per heavy atom. The standard InChI is InChI=1S/C23H32N2O3/c1-28-20-10-4-7-18(17-20)14-15-24-22(26)12-5-13-23(27)25-16-6-9-19-8-2-3-11-21(19)25/h4,7,10-11,17,19H,2-3,5-6,8-9,12-16H2,1H3,(H,24,26). The number of nitrogens with zero attached hydrogens (tertiary/aromatic N) is 1.